The largest absolute Gasteiger partial charge is 0.349 e. The molecular formula is C12H14BrClN2O. The second kappa shape index (κ2) is 4.96. The van der Waals surface area contributed by atoms with E-state index in [0.29, 0.717) is 17.9 Å². The Hall–Kier alpha value is -0.580. The van der Waals surface area contributed by atoms with Gasteiger partial charge in [-0.25, -0.2) is 0 Å². The molecule has 92 valence electrons. The summed E-state index contributed by atoms with van der Waals surface area (Å²) < 4.78 is 0.942. The Morgan fingerprint density at radius 2 is 2.06 bits per heavy atom. The standard InChI is InChI=1S/C12H13BrN2O.ClH/c13-8-3-1-2-7(4-8)12(16)15-11-9-5-14-6-10(9)11;/h1-4,9-11,14H,5-6H2,(H,15,16);1H. The van der Waals surface area contributed by atoms with Gasteiger partial charge in [-0.3, -0.25) is 4.79 Å². The zero-order valence-corrected chi connectivity index (χ0v) is 11.6. The summed E-state index contributed by atoms with van der Waals surface area (Å²) in [6.07, 6.45) is 0. The van der Waals surface area contributed by atoms with E-state index in [0.717, 1.165) is 23.1 Å². The molecule has 0 spiro atoms. The van der Waals surface area contributed by atoms with Crippen molar-refractivity contribution >= 4 is 34.2 Å². The Morgan fingerprint density at radius 3 is 2.71 bits per heavy atom. The molecule has 1 aromatic carbocycles. The number of piperidine rings is 1. The molecule has 3 nitrogen and oxygen atoms in total. The maximum Gasteiger partial charge on any atom is 0.251 e. The van der Waals surface area contributed by atoms with Crippen molar-refractivity contribution in [1.29, 1.82) is 0 Å². The number of carbonyl (C=O) groups is 1. The van der Waals surface area contributed by atoms with E-state index < -0.39 is 0 Å². The molecule has 2 fully saturated rings. The molecule has 1 saturated carbocycles. The van der Waals surface area contributed by atoms with Crippen molar-refractivity contribution in [2.45, 2.75) is 6.04 Å². The van der Waals surface area contributed by atoms with Gasteiger partial charge in [-0.15, -0.1) is 12.4 Å². The Balaban J connectivity index is 0.00000108. The van der Waals surface area contributed by atoms with Gasteiger partial charge in [0, 0.05) is 29.2 Å². The summed E-state index contributed by atoms with van der Waals surface area (Å²) in [6.45, 7) is 2.10. The Bertz CT molecular complexity index is 430. The second-order valence-electron chi connectivity index (χ2n) is 4.50. The third kappa shape index (κ3) is 2.49. The van der Waals surface area contributed by atoms with Crippen LogP contribution in [0.15, 0.2) is 28.7 Å². The number of carbonyl (C=O) groups excluding carboxylic acids is 1. The molecule has 2 N–H and O–H groups in total. The number of hydrogen-bond acceptors (Lipinski definition) is 2. The van der Waals surface area contributed by atoms with Crippen LogP contribution in [0.3, 0.4) is 0 Å². The van der Waals surface area contributed by atoms with E-state index in [9.17, 15) is 4.79 Å². The van der Waals surface area contributed by atoms with E-state index in [-0.39, 0.29) is 18.3 Å². The molecule has 1 heterocycles. The van der Waals surface area contributed by atoms with Gasteiger partial charge in [-0.1, -0.05) is 22.0 Å². The van der Waals surface area contributed by atoms with Crippen LogP contribution in [0.4, 0.5) is 0 Å². The third-order valence-corrected chi connectivity index (χ3v) is 3.97. The highest BCUT2D eigenvalue weighted by Gasteiger charge is 2.53. The van der Waals surface area contributed by atoms with Crippen LogP contribution in [0.25, 0.3) is 0 Å². The number of amides is 1. The Kier molecular flexibility index (Phi) is 3.76. The van der Waals surface area contributed by atoms with Crippen molar-refractivity contribution < 1.29 is 4.79 Å². The first kappa shape index (κ1) is 12.9. The third-order valence-electron chi connectivity index (χ3n) is 3.48. The van der Waals surface area contributed by atoms with E-state index in [1.807, 2.05) is 24.3 Å². The van der Waals surface area contributed by atoms with Crippen LogP contribution in [0.1, 0.15) is 10.4 Å². The van der Waals surface area contributed by atoms with E-state index in [1.165, 1.54) is 0 Å². The molecule has 1 saturated heterocycles. The van der Waals surface area contributed by atoms with Gasteiger partial charge in [0.2, 0.25) is 0 Å². The van der Waals surface area contributed by atoms with Gasteiger partial charge in [0.05, 0.1) is 0 Å². The number of halogens is 2. The molecule has 0 aromatic heterocycles. The van der Waals surface area contributed by atoms with E-state index >= 15 is 0 Å². The number of rotatable bonds is 2. The quantitative estimate of drug-likeness (QED) is 0.873. The lowest BCUT2D eigenvalue weighted by atomic mass is 10.2. The molecule has 17 heavy (non-hydrogen) atoms. The molecule has 0 bridgehead atoms. The lowest BCUT2D eigenvalue weighted by molar-refractivity contribution is 0.0946. The molecule has 2 atom stereocenters. The lowest BCUT2D eigenvalue weighted by Gasteiger charge is -2.07. The summed E-state index contributed by atoms with van der Waals surface area (Å²) in [7, 11) is 0. The van der Waals surface area contributed by atoms with Crippen molar-refractivity contribution in [3.05, 3.63) is 34.3 Å². The molecule has 2 unspecified atom stereocenters. The monoisotopic (exact) mass is 316 g/mol. The molecule has 5 heteroatoms. The molecule has 1 aromatic rings. The molecular weight excluding hydrogens is 304 g/mol. The van der Waals surface area contributed by atoms with Crippen LogP contribution >= 0.6 is 28.3 Å². The molecule has 3 rings (SSSR count). The van der Waals surface area contributed by atoms with E-state index in [2.05, 4.69) is 26.6 Å². The van der Waals surface area contributed by atoms with Crippen molar-refractivity contribution in [3.8, 4) is 0 Å². The first-order chi connectivity index (χ1) is 7.75. The molecule has 1 aliphatic carbocycles. The number of fused-ring (bicyclic) bond motifs is 1. The number of hydrogen-bond donors (Lipinski definition) is 2. The Morgan fingerprint density at radius 1 is 1.35 bits per heavy atom. The zero-order chi connectivity index (χ0) is 11.1. The van der Waals surface area contributed by atoms with Gasteiger partial charge < -0.3 is 10.6 Å². The fraction of sp³-hybridized carbons (Fsp3) is 0.417. The average molecular weight is 318 g/mol. The van der Waals surface area contributed by atoms with Crippen LogP contribution in [0.2, 0.25) is 0 Å². The van der Waals surface area contributed by atoms with Crippen molar-refractivity contribution in [2.75, 3.05) is 13.1 Å². The highest BCUT2D eigenvalue weighted by molar-refractivity contribution is 9.10. The minimum absolute atomic E-state index is 0. The molecule has 1 amide bonds. The summed E-state index contributed by atoms with van der Waals surface area (Å²) in [6, 6.07) is 7.90. The van der Waals surface area contributed by atoms with E-state index in [1.54, 1.807) is 0 Å². The van der Waals surface area contributed by atoms with Gasteiger partial charge in [0.25, 0.3) is 5.91 Å². The second-order valence-corrected chi connectivity index (χ2v) is 5.41. The van der Waals surface area contributed by atoms with Gasteiger partial charge in [-0.2, -0.15) is 0 Å². The van der Waals surface area contributed by atoms with Gasteiger partial charge >= 0.3 is 0 Å². The molecule has 1 aliphatic heterocycles. The summed E-state index contributed by atoms with van der Waals surface area (Å²) in [5.74, 6) is 1.37. The highest BCUT2D eigenvalue weighted by atomic mass is 79.9. The number of nitrogens with one attached hydrogen (secondary N) is 2. The maximum absolute atomic E-state index is 11.9. The van der Waals surface area contributed by atoms with Crippen LogP contribution in [-0.2, 0) is 0 Å². The summed E-state index contributed by atoms with van der Waals surface area (Å²) in [4.78, 5) is 11.9. The lowest BCUT2D eigenvalue weighted by Crippen LogP contribution is -2.32. The number of benzene rings is 1. The predicted molar refractivity (Wildman–Crippen MR) is 72.5 cm³/mol. The van der Waals surface area contributed by atoms with Gasteiger partial charge in [0.15, 0.2) is 0 Å². The minimum atomic E-state index is 0. The van der Waals surface area contributed by atoms with Crippen LogP contribution in [0.5, 0.6) is 0 Å². The zero-order valence-electron chi connectivity index (χ0n) is 9.15. The smallest absolute Gasteiger partial charge is 0.251 e. The summed E-state index contributed by atoms with van der Waals surface area (Å²) >= 11 is 3.37. The first-order valence-electron chi connectivity index (χ1n) is 5.53. The van der Waals surface area contributed by atoms with Crippen molar-refractivity contribution in [2.24, 2.45) is 11.8 Å². The Labute approximate surface area is 115 Å². The highest BCUT2D eigenvalue weighted by Crippen LogP contribution is 2.41. The van der Waals surface area contributed by atoms with Crippen molar-refractivity contribution in [1.82, 2.24) is 10.6 Å². The summed E-state index contributed by atoms with van der Waals surface area (Å²) in [5, 5.41) is 6.41. The topological polar surface area (TPSA) is 41.1 Å². The first-order valence-corrected chi connectivity index (χ1v) is 6.32. The average Bonchev–Trinajstić information content (AvgIpc) is 2.74. The SMILES string of the molecule is Cl.O=C(NC1C2CNCC21)c1cccc(Br)c1. The van der Waals surface area contributed by atoms with Crippen LogP contribution < -0.4 is 10.6 Å². The van der Waals surface area contributed by atoms with Crippen molar-refractivity contribution in [3.63, 3.8) is 0 Å². The molecule has 0 radical (unpaired) electrons. The predicted octanol–water partition coefficient (Wildman–Crippen LogP) is 1.82. The van der Waals surface area contributed by atoms with E-state index in [4.69, 9.17) is 0 Å². The maximum atomic E-state index is 11.9. The van der Waals surface area contributed by atoms with Crippen LogP contribution in [-0.4, -0.2) is 25.0 Å². The normalized spacial score (nSPS) is 29.1. The fourth-order valence-electron chi connectivity index (χ4n) is 2.50. The van der Waals surface area contributed by atoms with Crippen LogP contribution in [0, 0.1) is 11.8 Å². The van der Waals surface area contributed by atoms with Gasteiger partial charge in [-0.05, 0) is 30.0 Å². The fourth-order valence-corrected chi connectivity index (χ4v) is 2.90. The molecule has 2 aliphatic rings. The minimum Gasteiger partial charge on any atom is -0.349 e. The van der Waals surface area contributed by atoms with Gasteiger partial charge in [0.1, 0.15) is 0 Å². The summed E-state index contributed by atoms with van der Waals surface area (Å²) in [5.41, 5.74) is 0.729.